The number of aromatic nitrogens is 2. The predicted octanol–water partition coefficient (Wildman–Crippen LogP) is 2.24. The van der Waals surface area contributed by atoms with Crippen molar-refractivity contribution >= 4 is 12.2 Å². The average Bonchev–Trinajstić information content (AvgIpc) is 2.69. The molecule has 0 radical (unpaired) electrons. The molecule has 0 saturated carbocycles. The predicted molar refractivity (Wildman–Crippen MR) is 49.7 cm³/mol. The van der Waals surface area contributed by atoms with Gasteiger partial charge < -0.3 is 4.52 Å². The van der Waals surface area contributed by atoms with E-state index in [1.54, 1.807) is 6.08 Å². The van der Waals surface area contributed by atoms with Crippen molar-refractivity contribution in [1.82, 2.24) is 10.1 Å². The molecule has 0 spiro atoms. The minimum Gasteiger partial charge on any atom is -0.342 e. The third kappa shape index (κ3) is 2.02. The summed E-state index contributed by atoms with van der Waals surface area (Å²) in [6, 6.07) is 9.96. The highest BCUT2D eigenvalue weighted by molar-refractivity contribution is 5.66. The van der Waals surface area contributed by atoms with Crippen LogP contribution in [0.4, 0.5) is 0 Å². The van der Waals surface area contributed by atoms with Gasteiger partial charge in [0.25, 0.3) is 0 Å². The topological polar surface area (TPSA) is 38.9 Å². The Balaban J connectivity index is 2.15. The molecule has 0 fully saturated rings. The van der Waals surface area contributed by atoms with Crippen LogP contribution in [-0.4, -0.2) is 10.1 Å². The van der Waals surface area contributed by atoms with Gasteiger partial charge in [-0.2, -0.15) is 4.98 Å². The summed E-state index contributed by atoms with van der Waals surface area (Å²) < 4.78 is 4.59. The van der Waals surface area contributed by atoms with Crippen LogP contribution in [0.3, 0.4) is 0 Å². The second kappa shape index (κ2) is 3.67. The Bertz CT molecular complexity index is 379. The van der Waals surface area contributed by atoms with Crippen LogP contribution in [0.25, 0.3) is 12.2 Å². The third-order valence-corrected chi connectivity index (χ3v) is 1.60. The number of hydrogen-bond donors (Lipinski definition) is 0. The summed E-state index contributed by atoms with van der Waals surface area (Å²) in [5, 5.41) is 3.66. The fourth-order valence-corrected chi connectivity index (χ4v) is 0.987. The van der Waals surface area contributed by atoms with Crippen LogP contribution >= 0.6 is 0 Å². The maximum absolute atomic E-state index is 4.59. The van der Waals surface area contributed by atoms with Crippen molar-refractivity contribution in [3.05, 3.63) is 48.1 Å². The van der Waals surface area contributed by atoms with Crippen molar-refractivity contribution in [3.8, 4) is 0 Å². The number of hydrogen-bond acceptors (Lipinski definition) is 3. The van der Waals surface area contributed by atoms with Gasteiger partial charge in [0.15, 0.2) is 5.82 Å². The molecular formula is C10H8N2O. The lowest BCUT2D eigenvalue weighted by Crippen LogP contribution is -1.73. The van der Waals surface area contributed by atoms with Crippen LogP contribution < -0.4 is 0 Å². The van der Waals surface area contributed by atoms with Crippen molar-refractivity contribution in [2.45, 2.75) is 0 Å². The van der Waals surface area contributed by atoms with Crippen molar-refractivity contribution in [3.63, 3.8) is 0 Å². The van der Waals surface area contributed by atoms with Crippen LogP contribution in [0, 0.1) is 0 Å². The number of benzene rings is 1. The molecule has 0 bridgehead atoms. The van der Waals surface area contributed by atoms with Crippen molar-refractivity contribution in [1.29, 1.82) is 0 Å². The molecule has 3 nitrogen and oxygen atoms in total. The third-order valence-electron chi connectivity index (χ3n) is 1.60. The van der Waals surface area contributed by atoms with E-state index in [1.165, 1.54) is 6.39 Å². The highest BCUT2D eigenvalue weighted by atomic mass is 16.5. The molecular weight excluding hydrogens is 164 g/mol. The molecule has 0 amide bonds. The second-order valence-corrected chi connectivity index (χ2v) is 2.53. The standard InChI is InChI=1S/C10H8N2O/c1-2-4-9(5-3-1)6-7-10-11-8-13-12-10/h1-8H/b7-6+. The summed E-state index contributed by atoms with van der Waals surface area (Å²) in [4.78, 5) is 3.87. The lowest BCUT2D eigenvalue weighted by Gasteiger charge is -1.88. The van der Waals surface area contributed by atoms with Crippen molar-refractivity contribution in [2.75, 3.05) is 0 Å². The molecule has 0 atom stereocenters. The van der Waals surface area contributed by atoms with Gasteiger partial charge in [-0.15, -0.1) is 0 Å². The Hall–Kier alpha value is -1.90. The largest absolute Gasteiger partial charge is 0.342 e. The Kier molecular flexibility index (Phi) is 2.18. The second-order valence-electron chi connectivity index (χ2n) is 2.53. The first kappa shape index (κ1) is 7.73. The van der Waals surface area contributed by atoms with Crippen LogP contribution in [-0.2, 0) is 0 Å². The van der Waals surface area contributed by atoms with Crippen LogP contribution in [0.5, 0.6) is 0 Å². The molecule has 2 rings (SSSR count). The van der Waals surface area contributed by atoms with Gasteiger partial charge in [0.2, 0.25) is 6.39 Å². The molecule has 0 unspecified atom stereocenters. The van der Waals surface area contributed by atoms with E-state index < -0.39 is 0 Å². The summed E-state index contributed by atoms with van der Waals surface area (Å²) in [5.74, 6) is 0.587. The zero-order valence-corrected chi connectivity index (χ0v) is 6.92. The van der Waals surface area contributed by atoms with Gasteiger partial charge in [0, 0.05) is 0 Å². The summed E-state index contributed by atoms with van der Waals surface area (Å²) in [7, 11) is 0. The summed E-state index contributed by atoms with van der Waals surface area (Å²) in [6.45, 7) is 0. The Morgan fingerprint density at radius 3 is 2.62 bits per heavy atom. The van der Waals surface area contributed by atoms with Gasteiger partial charge in [0.1, 0.15) is 0 Å². The Morgan fingerprint density at radius 2 is 1.92 bits per heavy atom. The molecule has 3 heteroatoms. The van der Waals surface area contributed by atoms with Crippen LogP contribution in [0.1, 0.15) is 11.4 Å². The lowest BCUT2D eigenvalue weighted by atomic mass is 10.2. The Morgan fingerprint density at radius 1 is 1.08 bits per heavy atom. The van der Waals surface area contributed by atoms with Crippen LogP contribution in [0.15, 0.2) is 41.2 Å². The van der Waals surface area contributed by atoms with Gasteiger partial charge >= 0.3 is 0 Å². The molecule has 0 aliphatic rings. The van der Waals surface area contributed by atoms with E-state index >= 15 is 0 Å². The van der Waals surface area contributed by atoms with Crippen molar-refractivity contribution < 1.29 is 4.52 Å². The van der Waals surface area contributed by atoms with E-state index in [1.807, 2.05) is 36.4 Å². The first-order valence-corrected chi connectivity index (χ1v) is 3.95. The van der Waals surface area contributed by atoms with E-state index in [-0.39, 0.29) is 0 Å². The molecule has 1 aromatic heterocycles. The molecule has 1 heterocycles. The maximum atomic E-state index is 4.59. The first-order valence-electron chi connectivity index (χ1n) is 3.95. The number of rotatable bonds is 2. The minimum absolute atomic E-state index is 0.587. The minimum atomic E-state index is 0.587. The summed E-state index contributed by atoms with van der Waals surface area (Å²) in [6.07, 6.45) is 5.05. The smallest absolute Gasteiger partial charge is 0.214 e. The SMILES string of the molecule is C(=C\c1ncon1)/c1ccccc1. The highest BCUT2D eigenvalue weighted by Gasteiger charge is 1.89. The van der Waals surface area contributed by atoms with Crippen molar-refractivity contribution in [2.24, 2.45) is 0 Å². The van der Waals surface area contributed by atoms with Gasteiger partial charge in [-0.25, -0.2) is 0 Å². The maximum Gasteiger partial charge on any atom is 0.214 e. The zero-order valence-electron chi connectivity index (χ0n) is 6.92. The van der Waals surface area contributed by atoms with Gasteiger partial charge in [-0.05, 0) is 11.6 Å². The van der Waals surface area contributed by atoms with Gasteiger partial charge in [-0.3, -0.25) is 0 Å². The fourth-order valence-electron chi connectivity index (χ4n) is 0.987. The molecule has 1 aromatic carbocycles. The molecule has 0 saturated heterocycles. The monoisotopic (exact) mass is 172 g/mol. The quantitative estimate of drug-likeness (QED) is 0.697. The van der Waals surface area contributed by atoms with E-state index in [9.17, 15) is 0 Å². The summed E-state index contributed by atoms with van der Waals surface area (Å²) >= 11 is 0. The first-order chi connectivity index (χ1) is 6.45. The molecule has 64 valence electrons. The molecule has 0 aliphatic heterocycles. The average molecular weight is 172 g/mol. The zero-order chi connectivity index (χ0) is 8.93. The van der Waals surface area contributed by atoms with Gasteiger partial charge in [0.05, 0.1) is 0 Å². The van der Waals surface area contributed by atoms with E-state index in [2.05, 4.69) is 14.7 Å². The van der Waals surface area contributed by atoms with E-state index in [0.29, 0.717) is 5.82 Å². The van der Waals surface area contributed by atoms with E-state index in [0.717, 1.165) is 5.56 Å². The normalized spacial score (nSPS) is 10.8. The van der Waals surface area contributed by atoms with E-state index in [4.69, 9.17) is 0 Å². The fraction of sp³-hybridized carbons (Fsp3) is 0. The van der Waals surface area contributed by atoms with Gasteiger partial charge in [-0.1, -0.05) is 41.6 Å². The highest BCUT2D eigenvalue weighted by Crippen LogP contribution is 2.03. The molecule has 0 aliphatic carbocycles. The number of nitrogens with zero attached hydrogens (tertiary/aromatic N) is 2. The molecule has 2 aromatic rings. The van der Waals surface area contributed by atoms with Crippen LogP contribution in [0.2, 0.25) is 0 Å². The lowest BCUT2D eigenvalue weighted by molar-refractivity contribution is 0.415. The molecule has 13 heavy (non-hydrogen) atoms. The summed E-state index contributed by atoms with van der Waals surface area (Å²) in [5.41, 5.74) is 1.12. The molecule has 0 N–H and O–H groups in total. The Labute approximate surface area is 75.7 Å².